The summed E-state index contributed by atoms with van der Waals surface area (Å²) in [6.07, 6.45) is 5.51. The van der Waals surface area contributed by atoms with Crippen LogP contribution in [0.15, 0.2) is 30.5 Å². The molecule has 1 N–H and O–H groups in total. The van der Waals surface area contributed by atoms with Crippen LogP contribution in [-0.2, 0) is 11.2 Å². The van der Waals surface area contributed by atoms with Crippen LogP contribution in [0.4, 0.5) is 0 Å². The predicted molar refractivity (Wildman–Crippen MR) is 86.1 cm³/mol. The third-order valence-corrected chi connectivity index (χ3v) is 4.60. The number of rotatable bonds is 3. The first kappa shape index (κ1) is 14.2. The molecular formula is C18H24N2O. The van der Waals surface area contributed by atoms with Crippen molar-refractivity contribution in [1.29, 1.82) is 0 Å². The number of carbonyl (C=O) groups excluding carboxylic acids is 1. The van der Waals surface area contributed by atoms with E-state index in [0.717, 1.165) is 32.4 Å². The van der Waals surface area contributed by atoms with Crippen molar-refractivity contribution in [2.45, 2.75) is 33.1 Å². The molecule has 2 aromatic rings. The molecule has 3 nitrogen and oxygen atoms in total. The highest BCUT2D eigenvalue weighted by Crippen LogP contribution is 2.26. The normalized spacial score (nSPS) is 16.8. The van der Waals surface area contributed by atoms with Crippen molar-refractivity contribution in [2.24, 2.45) is 11.8 Å². The highest BCUT2D eigenvalue weighted by Gasteiger charge is 2.24. The van der Waals surface area contributed by atoms with Crippen LogP contribution < -0.4 is 0 Å². The first-order valence-electron chi connectivity index (χ1n) is 7.99. The van der Waals surface area contributed by atoms with E-state index in [2.05, 4.69) is 35.4 Å². The smallest absolute Gasteiger partial charge is 0.225 e. The van der Waals surface area contributed by atoms with E-state index in [1.807, 2.05) is 18.7 Å². The second-order valence-electron chi connectivity index (χ2n) is 6.49. The molecule has 0 radical (unpaired) electrons. The van der Waals surface area contributed by atoms with Crippen LogP contribution in [-0.4, -0.2) is 28.9 Å². The second kappa shape index (κ2) is 5.92. The van der Waals surface area contributed by atoms with Crippen LogP contribution in [0.25, 0.3) is 10.9 Å². The van der Waals surface area contributed by atoms with Gasteiger partial charge < -0.3 is 9.88 Å². The molecule has 3 rings (SSSR count). The number of H-pyrrole nitrogens is 1. The number of amides is 1. The summed E-state index contributed by atoms with van der Waals surface area (Å²) in [4.78, 5) is 17.4. The molecule has 1 fully saturated rings. The number of para-hydroxylation sites is 1. The van der Waals surface area contributed by atoms with Gasteiger partial charge in [0.25, 0.3) is 0 Å². The molecule has 1 aromatic heterocycles. The average molecular weight is 284 g/mol. The van der Waals surface area contributed by atoms with Crippen molar-refractivity contribution >= 4 is 16.8 Å². The van der Waals surface area contributed by atoms with E-state index in [1.54, 1.807) is 0 Å². The van der Waals surface area contributed by atoms with Gasteiger partial charge in [-0.3, -0.25) is 4.79 Å². The summed E-state index contributed by atoms with van der Waals surface area (Å²) in [7, 11) is 0. The van der Waals surface area contributed by atoms with Crippen LogP contribution in [0.2, 0.25) is 0 Å². The Hall–Kier alpha value is -1.77. The quantitative estimate of drug-likeness (QED) is 0.918. The number of fused-ring (bicyclic) bond motifs is 1. The van der Waals surface area contributed by atoms with E-state index >= 15 is 0 Å². The minimum Gasteiger partial charge on any atom is -0.361 e. The lowest BCUT2D eigenvalue weighted by Gasteiger charge is -2.33. The Bertz CT molecular complexity index is 621. The van der Waals surface area contributed by atoms with Gasteiger partial charge in [-0.1, -0.05) is 32.0 Å². The summed E-state index contributed by atoms with van der Waals surface area (Å²) < 4.78 is 0. The average Bonchev–Trinajstić information content (AvgIpc) is 2.91. The van der Waals surface area contributed by atoms with Crippen molar-refractivity contribution in [3.8, 4) is 0 Å². The third kappa shape index (κ3) is 2.97. The SMILES string of the molecule is CC(C)C(=O)N1CCC(Cc2c[nH]c3ccccc23)CC1. The Balaban J connectivity index is 1.62. The molecule has 3 heteroatoms. The fourth-order valence-corrected chi connectivity index (χ4v) is 3.33. The van der Waals surface area contributed by atoms with Crippen molar-refractivity contribution in [2.75, 3.05) is 13.1 Å². The van der Waals surface area contributed by atoms with E-state index in [-0.39, 0.29) is 5.92 Å². The van der Waals surface area contributed by atoms with Crippen molar-refractivity contribution in [1.82, 2.24) is 9.88 Å². The molecular weight excluding hydrogens is 260 g/mol. The van der Waals surface area contributed by atoms with Crippen molar-refractivity contribution < 1.29 is 4.79 Å². The molecule has 1 amide bonds. The molecule has 2 heterocycles. The molecule has 112 valence electrons. The lowest BCUT2D eigenvalue weighted by molar-refractivity contribution is -0.135. The van der Waals surface area contributed by atoms with Crippen LogP contribution >= 0.6 is 0 Å². The third-order valence-electron chi connectivity index (χ3n) is 4.60. The fraction of sp³-hybridized carbons (Fsp3) is 0.500. The standard InChI is InChI=1S/C18H24N2O/c1-13(2)18(21)20-9-7-14(8-10-20)11-15-12-19-17-6-4-3-5-16(15)17/h3-6,12-14,19H,7-11H2,1-2H3. The number of hydrogen-bond acceptors (Lipinski definition) is 1. The highest BCUT2D eigenvalue weighted by atomic mass is 16.2. The Kier molecular flexibility index (Phi) is 4.00. The largest absolute Gasteiger partial charge is 0.361 e. The number of benzene rings is 1. The maximum absolute atomic E-state index is 12.0. The molecule has 1 saturated heterocycles. The van der Waals surface area contributed by atoms with E-state index in [0.29, 0.717) is 11.8 Å². The zero-order valence-corrected chi connectivity index (χ0v) is 12.9. The number of aromatic amines is 1. The zero-order chi connectivity index (χ0) is 14.8. The molecule has 0 unspecified atom stereocenters. The minimum atomic E-state index is 0.121. The maximum Gasteiger partial charge on any atom is 0.225 e. The molecule has 21 heavy (non-hydrogen) atoms. The summed E-state index contributed by atoms with van der Waals surface area (Å²) in [5.74, 6) is 1.12. The number of hydrogen-bond donors (Lipinski definition) is 1. The van der Waals surface area contributed by atoms with Gasteiger partial charge in [0.2, 0.25) is 5.91 Å². The van der Waals surface area contributed by atoms with Gasteiger partial charge in [0.05, 0.1) is 0 Å². The van der Waals surface area contributed by atoms with Gasteiger partial charge >= 0.3 is 0 Å². The highest BCUT2D eigenvalue weighted by molar-refractivity contribution is 5.83. The maximum atomic E-state index is 12.0. The Labute approximate surface area is 126 Å². The van der Waals surface area contributed by atoms with E-state index in [1.165, 1.54) is 16.5 Å². The predicted octanol–water partition coefficient (Wildman–Crippen LogP) is 3.61. The van der Waals surface area contributed by atoms with Gasteiger partial charge in [-0.2, -0.15) is 0 Å². The molecule has 1 aliphatic heterocycles. The summed E-state index contributed by atoms with van der Waals surface area (Å²) in [6.45, 7) is 5.81. The summed E-state index contributed by atoms with van der Waals surface area (Å²) in [5.41, 5.74) is 2.64. The number of nitrogens with zero attached hydrogens (tertiary/aromatic N) is 1. The second-order valence-corrected chi connectivity index (χ2v) is 6.49. The van der Waals surface area contributed by atoms with E-state index < -0.39 is 0 Å². The summed E-state index contributed by atoms with van der Waals surface area (Å²) in [6, 6.07) is 8.49. The van der Waals surface area contributed by atoms with Gasteiger partial charge in [-0.05, 0) is 36.8 Å². The molecule has 0 aliphatic carbocycles. The van der Waals surface area contributed by atoms with Gasteiger partial charge in [0.15, 0.2) is 0 Å². The Morgan fingerprint density at radius 1 is 1.29 bits per heavy atom. The molecule has 0 atom stereocenters. The molecule has 1 aromatic carbocycles. The molecule has 0 spiro atoms. The van der Waals surface area contributed by atoms with Crippen molar-refractivity contribution in [3.05, 3.63) is 36.0 Å². The van der Waals surface area contributed by atoms with Crippen LogP contribution in [0.3, 0.4) is 0 Å². The Morgan fingerprint density at radius 3 is 2.71 bits per heavy atom. The lowest BCUT2D eigenvalue weighted by Crippen LogP contribution is -2.40. The monoisotopic (exact) mass is 284 g/mol. The first-order valence-corrected chi connectivity index (χ1v) is 7.99. The number of nitrogens with one attached hydrogen (secondary N) is 1. The van der Waals surface area contributed by atoms with Crippen LogP contribution in [0.5, 0.6) is 0 Å². The van der Waals surface area contributed by atoms with Crippen molar-refractivity contribution in [3.63, 3.8) is 0 Å². The van der Waals surface area contributed by atoms with E-state index in [9.17, 15) is 4.79 Å². The number of aromatic nitrogens is 1. The van der Waals surface area contributed by atoms with Gasteiger partial charge in [0, 0.05) is 36.1 Å². The van der Waals surface area contributed by atoms with Crippen LogP contribution in [0.1, 0.15) is 32.3 Å². The van der Waals surface area contributed by atoms with Crippen LogP contribution in [0, 0.1) is 11.8 Å². The van der Waals surface area contributed by atoms with Gasteiger partial charge in [0.1, 0.15) is 0 Å². The summed E-state index contributed by atoms with van der Waals surface area (Å²) >= 11 is 0. The topological polar surface area (TPSA) is 36.1 Å². The summed E-state index contributed by atoms with van der Waals surface area (Å²) in [5, 5.41) is 1.35. The molecule has 0 bridgehead atoms. The fourth-order valence-electron chi connectivity index (χ4n) is 3.33. The number of piperidine rings is 1. The molecule has 1 aliphatic rings. The number of likely N-dealkylation sites (tertiary alicyclic amines) is 1. The number of carbonyl (C=O) groups is 1. The van der Waals surface area contributed by atoms with E-state index in [4.69, 9.17) is 0 Å². The lowest BCUT2D eigenvalue weighted by atomic mass is 9.89. The van der Waals surface area contributed by atoms with Gasteiger partial charge in [-0.15, -0.1) is 0 Å². The minimum absolute atomic E-state index is 0.121. The Morgan fingerprint density at radius 2 is 2.00 bits per heavy atom. The molecule has 0 saturated carbocycles. The first-order chi connectivity index (χ1) is 10.1. The van der Waals surface area contributed by atoms with Gasteiger partial charge in [-0.25, -0.2) is 0 Å². The zero-order valence-electron chi connectivity index (χ0n) is 12.9.